The molecule has 5 rings (SSSR count). The average molecular weight is 457 g/mol. The third-order valence-electron chi connectivity index (χ3n) is 5.69. The third-order valence-corrected chi connectivity index (χ3v) is 7.56. The molecule has 1 N–H and O–H groups in total. The van der Waals surface area contributed by atoms with Crippen molar-refractivity contribution in [3.8, 4) is 5.75 Å². The minimum Gasteiger partial charge on any atom is -0.488 e. The molecule has 4 aromatic carbocycles. The molecule has 0 aromatic heterocycles. The summed E-state index contributed by atoms with van der Waals surface area (Å²) in [4.78, 5) is 0.278. The molecule has 0 spiro atoms. The molecule has 1 aliphatic heterocycles. The van der Waals surface area contributed by atoms with Crippen LogP contribution in [-0.4, -0.2) is 12.7 Å². The van der Waals surface area contributed by atoms with E-state index in [9.17, 15) is 8.42 Å². The van der Waals surface area contributed by atoms with Crippen molar-refractivity contribution in [2.75, 3.05) is 5.32 Å². The molecule has 1 aliphatic rings. The molecule has 0 aliphatic carbocycles. The Hall–Kier alpha value is -3.61. The highest BCUT2D eigenvalue weighted by atomic mass is 32.2. The SMILES string of the molecule is O=S1(=O)c2ccccc2NC(c2ccccc2OCc2ccccc2)N1Cc1ccccc1. The summed E-state index contributed by atoms with van der Waals surface area (Å²) >= 11 is 0. The van der Waals surface area contributed by atoms with Gasteiger partial charge < -0.3 is 10.1 Å². The Morgan fingerprint density at radius 1 is 0.727 bits per heavy atom. The van der Waals surface area contributed by atoms with E-state index in [1.165, 1.54) is 4.31 Å². The lowest BCUT2D eigenvalue weighted by atomic mass is 10.1. The number of hydrogen-bond donors (Lipinski definition) is 1. The zero-order valence-electron chi connectivity index (χ0n) is 18.0. The maximum absolute atomic E-state index is 13.7. The van der Waals surface area contributed by atoms with Crippen LogP contribution in [0.3, 0.4) is 0 Å². The second-order valence-corrected chi connectivity index (χ2v) is 9.75. The Bertz CT molecular complexity index is 1340. The molecule has 0 amide bonds. The van der Waals surface area contributed by atoms with Crippen LogP contribution in [0.15, 0.2) is 114 Å². The van der Waals surface area contributed by atoms with Crippen molar-refractivity contribution in [3.63, 3.8) is 0 Å². The Morgan fingerprint density at radius 3 is 2.09 bits per heavy atom. The highest BCUT2D eigenvalue weighted by Crippen LogP contribution is 2.41. The van der Waals surface area contributed by atoms with Crippen molar-refractivity contribution in [3.05, 3.63) is 126 Å². The maximum Gasteiger partial charge on any atom is 0.247 e. The van der Waals surface area contributed by atoms with Crippen molar-refractivity contribution in [2.45, 2.75) is 24.2 Å². The molecule has 1 unspecified atom stereocenters. The number of nitrogens with one attached hydrogen (secondary N) is 1. The van der Waals surface area contributed by atoms with Gasteiger partial charge in [-0.15, -0.1) is 0 Å². The lowest BCUT2D eigenvalue weighted by Crippen LogP contribution is -2.42. The van der Waals surface area contributed by atoms with Gasteiger partial charge in [-0.3, -0.25) is 0 Å². The van der Waals surface area contributed by atoms with Gasteiger partial charge in [0.1, 0.15) is 23.4 Å². The monoisotopic (exact) mass is 456 g/mol. The Kier molecular flexibility index (Phi) is 5.86. The maximum atomic E-state index is 13.7. The van der Waals surface area contributed by atoms with Crippen LogP contribution in [0.2, 0.25) is 0 Å². The van der Waals surface area contributed by atoms with E-state index in [1.54, 1.807) is 18.2 Å². The van der Waals surface area contributed by atoms with Crippen molar-refractivity contribution in [1.82, 2.24) is 4.31 Å². The summed E-state index contributed by atoms with van der Waals surface area (Å²) in [6.07, 6.45) is -0.614. The number of para-hydroxylation sites is 2. The highest BCUT2D eigenvalue weighted by molar-refractivity contribution is 7.89. The molecular formula is C27H24N2O3S. The zero-order valence-corrected chi connectivity index (χ0v) is 18.8. The van der Waals surface area contributed by atoms with Crippen LogP contribution in [0.5, 0.6) is 5.75 Å². The standard InChI is InChI=1S/C27H24N2O3S/c30-33(31)26-18-10-8-16-24(26)28-27(29(33)19-21-11-3-1-4-12-21)23-15-7-9-17-25(23)32-20-22-13-5-2-6-14-22/h1-18,27-28H,19-20H2. The molecule has 1 heterocycles. The molecule has 5 nitrogen and oxygen atoms in total. The van der Waals surface area contributed by atoms with Gasteiger partial charge in [-0.2, -0.15) is 4.31 Å². The Labute approximate surface area is 194 Å². The first-order valence-electron chi connectivity index (χ1n) is 10.8. The number of rotatable bonds is 6. The number of sulfonamides is 1. The number of fused-ring (bicyclic) bond motifs is 1. The van der Waals surface area contributed by atoms with E-state index in [4.69, 9.17) is 4.74 Å². The molecule has 0 saturated heterocycles. The summed E-state index contributed by atoms with van der Waals surface area (Å²) in [6.45, 7) is 0.634. The van der Waals surface area contributed by atoms with Gasteiger partial charge in [0, 0.05) is 12.1 Å². The van der Waals surface area contributed by atoms with E-state index in [0.717, 1.165) is 16.7 Å². The highest BCUT2D eigenvalue weighted by Gasteiger charge is 2.39. The largest absolute Gasteiger partial charge is 0.488 e. The summed E-state index contributed by atoms with van der Waals surface area (Å²) in [6, 6.07) is 34.2. The van der Waals surface area contributed by atoms with Crippen molar-refractivity contribution in [2.24, 2.45) is 0 Å². The van der Waals surface area contributed by atoms with E-state index in [-0.39, 0.29) is 11.4 Å². The summed E-state index contributed by atoms with van der Waals surface area (Å²) in [5.41, 5.74) is 3.31. The van der Waals surface area contributed by atoms with Gasteiger partial charge >= 0.3 is 0 Å². The molecule has 0 fully saturated rings. The molecule has 4 aromatic rings. The lowest BCUT2D eigenvalue weighted by molar-refractivity contribution is 0.285. The van der Waals surface area contributed by atoms with Gasteiger partial charge in [0.25, 0.3) is 0 Å². The first-order valence-corrected chi connectivity index (χ1v) is 12.2. The normalized spacial score (nSPS) is 17.0. The molecule has 33 heavy (non-hydrogen) atoms. The second kappa shape index (κ2) is 9.10. The van der Waals surface area contributed by atoms with E-state index in [2.05, 4.69) is 5.32 Å². The molecule has 6 heteroatoms. The minimum atomic E-state index is -3.75. The van der Waals surface area contributed by atoms with Gasteiger partial charge in [-0.1, -0.05) is 91.0 Å². The zero-order chi connectivity index (χ0) is 22.7. The summed E-state index contributed by atoms with van der Waals surface area (Å²) in [5.74, 6) is 0.645. The van der Waals surface area contributed by atoms with E-state index < -0.39 is 16.2 Å². The Morgan fingerprint density at radius 2 is 1.33 bits per heavy atom. The van der Waals surface area contributed by atoms with Crippen LogP contribution in [0.1, 0.15) is 22.9 Å². The van der Waals surface area contributed by atoms with Gasteiger partial charge in [0.15, 0.2) is 0 Å². The first-order chi connectivity index (χ1) is 16.1. The number of benzene rings is 4. The minimum absolute atomic E-state index is 0.238. The molecule has 0 bridgehead atoms. The van der Waals surface area contributed by atoms with Gasteiger partial charge in [0.2, 0.25) is 10.0 Å². The van der Waals surface area contributed by atoms with Gasteiger partial charge in [-0.25, -0.2) is 8.42 Å². The molecule has 0 saturated carbocycles. The van der Waals surface area contributed by atoms with E-state index in [0.29, 0.717) is 18.0 Å². The van der Waals surface area contributed by atoms with Crippen LogP contribution in [-0.2, 0) is 23.2 Å². The molecule has 166 valence electrons. The van der Waals surface area contributed by atoms with Crippen LogP contribution < -0.4 is 10.1 Å². The lowest BCUT2D eigenvalue weighted by Gasteiger charge is -2.38. The van der Waals surface area contributed by atoms with Crippen molar-refractivity contribution >= 4 is 15.7 Å². The topological polar surface area (TPSA) is 58.6 Å². The van der Waals surface area contributed by atoms with Crippen LogP contribution in [0.4, 0.5) is 5.69 Å². The summed E-state index contributed by atoms with van der Waals surface area (Å²) < 4.78 is 35.1. The van der Waals surface area contributed by atoms with Crippen molar-refractivity contribution < 1.29 is 13.2 Å². The molecule has 0 radical (unpaired) electrons. The van der Waals surface area contributed by atoms with Crippen LogP contribution in [0.25, 0.3) is 0 Å². The fourth-order valence-electron chi connectivity index (χ4n) is 4.04. The average Bonchev–Trinajstić information content (AvgIpc) is 2.86. The smallest absolute Gasteiger partial charge is 0.247 e. The number of anilines is 1. The van der Waals surface area contributed by atoms with Crippen LogP contribution >= 0.6 is 0 Å². The van der Waals surface area contributed by atoms with Gasteiger partial charge in [-0.05, 0) is 29.3 Å². The quantitative estimate of drug-likeness (QED) is 0.411. The number of ether oxygens (including phenoxy) is 1. The van der Waals surface area contributed by atoms with Crippen molar-refractivity contribution in [1.29, 1.82) is 0 Å². The summed E-state index contributed by atoms with van der Waals surface area (Å²) in [5, 5.41) is 3.44. The summed E-state index contributed by atoms with van der Waals surface area (Å²) in [7, 11) is -3.75. The molecular weight excluding hydrogens is 432 g/mol. The first kappa shape index (κ1) is 21.2. The van der Waals surface area contributed by atoms with E-state index in [1.807, 2.05) is 91.0 Å². The van der Waals surface area contributed by atoms with Gasteiger partial charge in [0.05, 0.1) is 5.69 Å². The van der Waals surface area contributed by atoms with E-state index >= 15 is 0 Å². The Balaban J connectivity index is 1.55. The predicted octanol–water partition coefficient (Wildman–Crippen LogP) is 5.58. The third kappa shape index (κ3) is 4.35. The van der Waals surface area contributed by atoms with Crippen LogP contribution in [0, 0.1) is 0 Å². The fraction of sp³-hybridized carbons (Fsp3) is 0.111. The number of hydrogen-bond acceptors (Lipinski definition) is 4. The molecule has 1 atom stereocenters. The second-order valence-electron chi connectivity index (χ2n) is 7.89. The fourth-order valence-corrected chi connectivity index (χ4v) is 5.71. The number of nitrogens with zero attached hydrogens (tertiary/aromatic N) is 1. The predicted molar refractivity (Wildman–Crippen MR) is 129 cm³/mol.